The number of ether oxygens (including phenoxy) is 10. The maximum absolute atomic E-state index is 6.47. The van der Waals surface area contributed by atoms with Crippen LogP contribution in [0.25, 0.3) is 43.6 Å². The highest BCUT2D eigenvalue weighted by Crippen LogP contribution is 2.33. The first kappa shape index (κ1) is 74.1. The Morgan fingerprint density at radius 3 is 0.698 bits per heavy atom. The minimum absolute atomic E-state index is 0.0800. The van der Waals surface area contributed by atoms with Crippen LogP contribution in [-0.4, -0.2) is 138 Å². The summed E-state index contributed by atoms with van der Waals surface area (Å²) in [6.45, 7) is 2.69. The molecule has 17 rings (SSSR count). The van der Waals surface area contributed by atoms with E-state index in [0.29, 0.717) is 131 Å². The first-order valence-corrected chi connectivity index (χ1v) is 37.3. The molecule has 0 aliphatic carbocycles. The molecule has 0 radical (unpaired) electrons. The van der Waals surface area contributed by atoms with Gasteiger partial charge in [0.25, 0.3) is 0 Å². The summed E-state index contributed by atoms with van der Waals surface area (Å²) in [7, 11) is 6.42. The monoisotopic (exact) mass is 1570 g/mol. The molecule has 0 spiro atoms. The quantitative estimate of drug-likeness (QED) is 0.0333. The maximum atomic E-state index is 6.47. The van der Waals surface area contributed by atoms with Gasteiger partial charge in [-0.25, -0.2) is 48.0 Å². The van der Waals surface area contributed by atoms with Crippen molar-refractivity contribution in [2.75, 3.05) is 28.4 Å². The fourth-order valence-corrected chi connectivity index (χ4v) is 13.4. The van der Waals surface area contributed by atoms with Crippen LogP contribution in [0.15, 0.2) is 213 Å². The van der Waals surface area contributed by atoms with Gasteiger partial charge in [0.1, 0.15) is 108 Å². The number of hydrogen-bond acceptors (Lipinski definition) is 26. The van der Waals surface area contributed by atoms with Gasteiger partial charge in [0, 0.05) is 67.9 Å². The van der Waals surface area contributed by atoms with E-state index in [0.717, 1.165) is 82.6 Å². The lowest BCUT2D eigenvalue weighted by Crippen LogP contribution is -2.04. The van der Waals surface area contributed by atoms with E-state index >= 15 is 0 Å². The number of pyridine rings is 4. The molecule has 33 heteroatoms. The third kappa shape index (κ3) is 17.9. The molecule has 0 bridgehead atoms. The Labute approximate surface area is 666 Å². The summed E-state index contributed by atoms with van der Waals surface area (Å²) < 4.78 is 71.4. The SMILES string of the molecule is COc1nc2ccccc2cc1Cn1cc(COc2cc(Cn3cc(COc4cc(CCl)cc(OCc5cn(Cc6cc(OCc7cn(Cc8cc9ccccc9nc8OC)nn7)cc(OCc7cn(Cc8cc9ccccc9nc8OC)nn7)c6)nn5)c4)nn3)cc(OCc3cn(Cc4cc5ccccc5nc4OC)nn3)c2)nn1. The Balaban J connectivity index is 0.546. The van der Waals surface area contributed by atoms with Crippen molar-refractivity contribution in [2.45, 2.75) is 84.8 Å². The van der Waals surface area contributed by atoms with Crippen molar-refractivity contribution >= 4 is 55.2 Å². The van der Waals surface area contributed by atoms with Crippen LogP contribution in [0.3, 0.4) is 0 Å². The van der Waals surface area contributed by atoms with Gasteiger partial charge in [0.2, 0.25) is 23.5 Å². The number of nitrogens with zero attached hydrogens (tertiary/aromatic N) is 22. The van der Waals surface area contributed by atoms with Gasteiger partial charge >= 0.3 is 0 Å². The predicted molar refractivity (Wildman–Crippen MR) is 423 cm³/mol. The van der Waals surface area contributed by atoms with Gasteiger partial charge in [-0.3, -0.25) is 0 Å². The van der Waals surface area contributed by atoms with E-state index < -0.39 is 0 Å². The van der Waals surface area contributed by atoms with Gasteiger partial charge in [-0.1, -0.05) is 104 Å². The van der Waals surface area contributed by atoms with Crippen LogP contribution in [0, 0.1) is 0 Å². The van der Waals surface area contributed by atoms with Crippen molar-refractivity contribution in [3.63, 3.8) is 0 Å². The zero-order valence-corrected chi connectivity index (χ0v) is 64.0. The number of fused-ring (bicyclic) bond motifs is 4. The summed E-state index contributed by atoms with van der Waals surface area (Å²) >= 11 is 6.47. The van der Waals surface area contributed by atoms with Crippen molar-refractivity contribution in [1.29, 1.82) is 0 Å². The third-order valence-corrected chi connectivity index (χ3v) is 19.0. The molecule has 10 aromatic heterocycles. The fraction of sp³-hybridized carbons (Fsp3) is 0.205. The van der Waals surface area contributed by atoms with E-state index in [9.17, 15) is 0 Å². The zero-order valence-electron chi connectivity index (χ0n) is 63.2. The number of aromatic nitrogens is 22. The number of hydrogen-bond donors (Lipinski definition) is 0. The minimum Gasteiger partial charge on any atom is -0.487 e. The average molecular weight is 1570 g/mol. The number of para-hydroxylation sites is 4. The molecule has 0 unspecified atom stereocenters. The molecule has 0 saturated heterocycles. The second kappa shape index (κ2) is 34.1. The van der Waals surface area contributed by atoms with Crippen molar-refractivity contribution in [2.24, 2.45) is 0 Å². The first-order chi connectivity index (χ1) is 57.0. The summed E-state index contributed by atoms with van der Waals surface area (Å²) in [4.78, 5) is 18.8. The molecule has 7 aromatic carbocycles. The molecule has 17 aromatic rings. The third-order valence-electron chi connectivity index (χ3n) is 18.7. The summed E-state index contributed by atoms with van der Waals surface area (Å²) in [6, 6.07) is 56.4. The summed E-state index contributed by atoms with van der Waals surface area (Å²) in [6.07, 6.45) is 10.9. The molecule has 0 N–H and O–H groups in total. The van der Waals surface area contributed by atoms with Gasteiger partial charge < -0.3 is 47.4 Å². The molecule has 0 atom stereocenters. The summed E-state index contributed by atoms with van der Waals surface area (Å²) in [5, 5.41) is 57.2. The molecule has 10 heterocycles. The normalized spacial score (nSPS) is 11.4. The van der Waals surface area contributed by atoms with Crippen LogP contribution in [0.2, 0.25) is 0 Å². The van der Waals surface area contributed by atoms with Gasteiger partial charge in [-0.2, -0.15) is 0 Å². The molecule has 582 valence electrons. The molecule has 0 amide bonds. The number of methoxy groups -OCH3 is 4. The van der Waals surface area contributed by atoms with Crippen molar-refractivity contribution in [3.05, 3.63) is 286 Å². The topological polar surface area (TPSA) is 328 Å². The highest BCUT2D eigenvalue weighted by molar-refractivity contribution is 6.17. The Hall–Kier alpha value is -14.7. The smallest absolute Gasteiger partial charge is 0.218 e. The van der Waals surface area contributed by atoms with Gasteiger partial charge in [0.05, 0.1) is 127 Å². The standard InChI is InChI=1S/C83H73ClN22O10/c1-107-80-60(27-56-13-5-9-17-76(56)85-80)37-103-43-66(91-97-103)49-113-72-23-54(24-73(32-72)114-50-67-44-104(98-92-67)38-61-28-57-14-6-10-18-77(57)86-81(61)108-2)35-101-41-64(89-95-101)47-111-70-21-53(34-84)22-71(31-70)112-48-65-42-102(96-90-65)36-55-25-74(115-51-68-45-105(99-93-68)39-62-29-58-15-7-11-19-78(58)87-82(62)109-3)33-75(26-55)116-52-69-46-106(100-94-69)40-63-30-59-16-8-12-20-79(59)88-83(63)110-4/h5-33,41-46H,34-40,47-52H2,1-4H3. The fourth-order valence-electron chi connectivity index (χ4n) is 13.3. The lowest BCUT2D eigenvalue weighted by atomic mass is 10.1. The lowest BCUT2D eigenvalue weighted by Gasteiger charge is -2.12. The van der Waals surface area contributed by atoms with Crippen LogP contribution in [-0.2, 0) is 84.8 Å². The Morgan fingerprint density at radius 1 is 0.259 bits per heavy atom. The van der Waals surface area contributed by atoms with E-state index in [1.165, 1.54) is 0 Å². The summed E-state index contributed by atoms with van der Waals surface area (Å²) in [5.74, 6) is 5.32. The number of halogens is 1. The van der Waals surface area contributed by atoms with Crippen LogP contribution >= 0.6 is 11.6 Å². The van der Waals surface area contributed by atoms with Crippen LogP contribution in [0.5, 0.6) is 58.0 Å². The largest absolute Gasteiger partial charge is 0.487 e. The first-order valence-electron chi connectivity index (χ1n) is 36.8. The highest BCUT2D eigenvalue weighted by atomic mass is 35.5. The second-order valence-electron chi connectivity index (χ2n) is 27.1. The van der Waals surface area contributed by atoms with Gasteiger partial charge in [-0.15, -0.1) is 42.2 Å². The van der Waals surface area contributed by atoms with Crippen molar-refractivity contribution < 1.29 is 47.4 Å². The van der Waals surface area contributed by atoms with Gasteiger partial charge in [-0.05, 0) is 102 Å². The zero-order chi connectivity index (χ0) is 78.7. The van der Waals surface area contributed by atoms with Crippen LogP contribution in [0.1, 0.15) is 73.1 Å². The number of benzene rings is 7. The summed E-state index contributed by atoms with van der Waals surface area (Å²) in [5.41, 5.74) is 12.7. The molecule has 0 fully saturated rings. The van der Waals surface area contributed by atoms with E-state index in [-0.39, 0.29) is 45.5 Å². The molecule has 32 nitrogen and oxygen atoms in total. The minimum atomic E-state index is 0.0800. The highest BCUT2D eigenvalue weighted by Gasteiger charge is 2.19. The van der Waals surface area contributed by atoms with E-state index in [1.54, 1.807) is 62.6 Å². The Kier molecular flexibility index (Phi) is 21.8. The molecule has 0 aliphatic heterocycles. The Morgan fingerprint density at radius 2 is 0.474 bits per heavy atom. The molecular weight excluding hydrogens is 1500 g/mol. The van der Waals surface area contributed by atoms with E-state index in [2.05, 4.69) is 61.9 Å². The van der Waals surface area contributed by atoms with Crippen molar-refractivity contribution in [3.8, 4) is 58.0 Å². The molecule has 116 heavy (non-hydrogen) atoms. The number of alkyl halides is 1. The Bertz CT molecular complexity index is 5670. The molecule has 0 saturated carbocycles. The van der Waals surface area contributed by atoms with Crippen LogP contribution in [0.4, 0.5) is 0 Å². The van der Waals surface area contributed by atoms with Crippen molar-refractivity contribution in [1.82, 2.24) is 110 Å². The predicted octanol–water partition coefficient (Wildman–Crippen LogP) is 12.0. The van der Waals surface area contributed by atoms with E-state index in [1.807, 2.05) is 207 Å². The van der Waals surface area contributed by atoms with E-state index in [4.69, 9.17) is 78.9 Å². The molecular formula is C83H73ClN22O10. The second-order valence-corrected chi connectivity index (χ2v) is 27.4. The van der Waals surface area contributed by atoms with Gasteiger partial charge in [0.15, 0.2) is 0 Å². The average Bonchev–Trinajstić information content (AvgIpc) is 1.09. The maximum Gasteiger partial charge on any atom is 0.218 e. The molecule has 0 aliphatic rings. The van der Waals surface area contributed by atoms with Crippen LogP contribution < -0.4 is 47.4 Å². The lowest BCUT2D eigenvalue weighted by molar-refractivity contribution is 0.284. The number of rotatable bonds is 35.